The van der Waals surface area contributed by atoms with Gasteiger partial charge in [-0.05, 0) is 25.7 Å². The fourth-order valence-electron chi connectivity index (χ4n) is 2.25. The van der Waals surface area contributed by atoms with E-state index in [1.54, 1.807) is 0 Å². The Hall–Kier alpha value is -1.65. The molecule has 0 aliphatic carbocycles. The number of carboxylic acid groups (broad SMARTS) is 1. The van der Waals surface area contributed by atoms with Gasteiger partial charge < -0.3 is 10.0 Å². The van der Waals surface area contributed by atoms with E-state index < -0.39 is 12.0 Å². The van der Waals surface area contributed by atoms with Crippen molar-refractivity contribution in [2.45, 2.75) is 32.7 Å². The highest BCUT2D eigenvalue weighted by Crippen LogP contribution is 2.26. The molecule has 2 atom stereocenters. The molecule has 17 heavy (non-hydrogen) atoms. The molecule has 0 aromatic carbocycles. The largest absolute Gasteiger partial charge is 0.480 e. The van der Waals surface area contributed by atoms with E-state index in [1.807, 2.05) is 17.9 Å². The molecule has 1 aromatic heterocycles. The molecular weight excluding hydrogens is 218 g/mol. The fourth-order valence-corrected chi connectivity index (χ4v) is 2.25. The number of hydrogen-bond donors (Lipinski definition) is 1. The first-order valence-corrected chi connectivity index (χ1v) is 5.86. The highest BCUT2D eigenvalue weighted by Gasteiger charge is 2.32. The molecule has 2 heterocycles. The minimum atomic E-state index is -0.771. The fraction of sp³-hybridized carbons (Fsp3) is 0.583. The van der Waals surface area contributed by atoms with Crippen molar-refractivity contribution in [1.29, 1.82) is 0 Å². The number of anilines is 1. The molecule has 0 bridgehead atoms. The Morgan fingerprint density at radius 3 is 2.94 bits per heavy atom. The summed E-state index contributed by atoms with van der Waals surface area (Å²) < 4.78 is 0. The van der Waals surface area contributed by atoms with Gasteiger partial charge in [0.15, 0.2) is 0 Å². The van der Waals surface area contributed by atoms with Gasteiger partial charge in [-0.2, -0.15) is 0 Å². The van der Waals surface area contributed by atoms with Crippen LogP contribution in [0.3, 0.4) is 0 Å². The number of nitrogens with zero attached hydrogens (tertiary/aromatic N) is 3. The lowest BCUT2D eigenvalue weighted by Crippen LogP contribution is -2.47. The number of carbonyl (C=O) groups is 1. The van der Waals surface area contributed by atoms with Crippen LogP contribution in [0.1, 0.15) is 25.5 Å². The standard InChI is InChI=1S/C12H17N3O2/c1-8-3-4-15(10(5-8)12(16)17)11-6-9(2)13-7-14-11/h6-8,10H,3-5H2,1-2H3,(H,16,17). The van der Waals surface area contributed by atoms with Crippen LogP contribution in [0.25, 0.3) is 0 Å². The van der Waals surface area contributed by atoms with Gasteiger partial charge in [0.05, 0.1) is 0 Å². The van der Waals surface area contributed by atoms with Gasteiger partial charge in [0.1, 0.15) is 18.2 Å². The Morgan fingerprint density at radius 2 is 2.29 bits per heavy atom. The molecule has 1 fully saturated rings. The molecule has 0 amide bonds. The van der Waals surface area contributed by atoms with Gasteiger partial charge in [-0.1, -0.05) is 6.92 Å². The Balaban J connectivity index is 2.26. The second-order valence-corrected chi connectivity index (χ2v) is 4.69. The number of piperidine rings is 1. The SMILES string of the molecule is Cc1cc(N2CCC(C)CC2C(=O)O)ncn1. The molecule has 1 N–H and O–H groups in total. The third kappa shape index (κ3) is 2.54. The van der Waals surface area contributed by atoms with Crippen LogP contribution in [0.4, 0.5) is 5.82 Å². The Kier molecular flexibility index (Phi) is 3.26. The monoisotopic (exact) mass is 235 g/mol. The first-order chi connectivity index (χ1) is 8.08. The number of aliphatic carboxylic acids is 1. The molecule has 92 valence electrons. The summed E-state index contributed by atoms with van der Waals surface area (Å²) in [6, 6.07) is 1.37. The average Bonchev–Trinajstić information content (AvgIpc) is 2.28. The van der Waals surface area contributed by atoms with E-state index in [0.29, 0.717) is 12.3 Å². The number of rotatable bonds is 2. The lowest BCUT2D eigenvalue weighted by molar-refractivity contribution is -0.139. The second-order valence-electron chi connectivity index (χ2n) is 4.69. The number of carboxylic acids is 1. The predicted molar refractivity (Wildman–Crippen MR) is 63.9 cm³/mol. The molecule has 5 heteroatoms. The van der Waals surface area contributed by atoms with Crippen molar-refractivity contribution in [3.05, 3.63) is 18.1 Å². The van der Waals surface area contributed by atoms with Gasteiger partial charge in [0.2, 0.25) is 0 Å². The summed E-state index contributed by atoms with van der Waals surface area (Å²) in [4.78, 5) is 21.4. The quantitative estimate of drug-likeness (QED) is 0.841. The second kappa shape index (κ2) is 4.69. The van der Waals surface area contributed by atoms with E-state index in [-0.39, 0.29) is 0 Å². The Morgan fingerprint density at radius 1 is 1.53 bits per heavy atom. The van der Waals surface area contributed by atoms with Crippen LogP contribution < -0.4 is 4.90 Å². The minimum absolute atomic E-state index is 0.454. The normalized spacial score (nSPS) is 24.7. The van der Waals surface area contributed by atoms with Crippen LogP contribution in [-0.4, -0.2) is 33.6 Å². The van der Waals surface area contributed by atoms with Gasteiger partial charge in [0.25, 0.3) is 0 Å². The van der Waals surface area contributed by atoms with Crippen molar-refractivity contribution in [2.75, 3.05) is 11.4 Å². The minimum Gasteiger partial charge on any atom is -0.480 e. The zero-order valence-corrected chi connectivity index (χ0v) is 10.1. The van der Waals surface area contributed by atoms with Crippen LogP contribution in [-0.2, 0) is 4.79 Å². The molecule has 1 aliphatic heterocycles. The van der Waals surface area contributed by atoms with Crippen LogP contribution in [0, 0.1) is 12.8 Å². The summed E-state index contributed by atoms with van der Waals surface area (Å²) in [5.74, 6) is 0.403. The highest BCUT2D eigenvalue weighted by atomic mass is 16.4. The zero-order chi connectivity index (χ0) is 12.4. The van der Waals surface area contributed by atoms with Crippen molar-refractivity contribution in [2.24, 2.45) is 5.92 Å². The molecule has 1 aromatic rings. The Labute approximate surface area is 100 Å². The molecule has 5 nitrogen and oxygen atoms in total. The molecule has 2 unspecified atom stereocenters. The summed E-state index contributed by atoms with van der Waals surface area (Å²) >= 11 is 0. The van der Waals surface area contributed by atoms with Crippen molar-refractivity contribution >= 4 is 11.8 Å². The zero-order valence-electron chi connectivity index (χ0n) is 10.1. The third-order valence-electron chi connectivity index (χ3n) is 3.23. The van der Waals surface area contributed by atoms with Crippen LogP contribution in [0.15, 0.2) is 12.4 Å². The lowest BCUT2D eigenvalue weighted by atomic mass is 9.92. The van der Waals surface area contributed by atoms with Gasteiger partial charge in [0, 0.05) is 18.3 Å². The highest BCUT2D eigenvalue weighted by molar-refractivity contribution is 5.78. The summed E-state index contributed by atoms with van der Waals surface area (Å²) in [5, 5.41) is 9.27. The molecule has 1 aliphatic rings. The van der Waals surface area contributed by atoms with Gasteiger partial charge >= 0.3 is 5.97 Å². The summed E-state index contributed by atoms with van der Waals surface area (Å²) in [6.07, 6.45) is 3.17. The van der Waals surface area contributed by atoms with Gasteiger partial charge in [-0.25, -0.2) is 14.8 Å². The van der Waals surface area contributed by atoms with Crippen molar-refractivity contribution in [1.82, 2.24) is 9.97 Å². The van der Waals surface area contributed by atoms with Crippen molar-refractivity contribution in [3.63, 3.8) is 0 Å². The number of aromatic nitrogens is 2. The average molecular weight is 235 g/mol. The molecule has 0 radical (unpaired) electrons. The van der Waals surface area contributed by atoms with Gasteiger partial charge in [-0.3, -0.25) is 0 Å². The van der Waals surface area contributed by atoms with Crippen LogP contribution in [0.2, 0.25) is 0 Å². The maximum Gasteiger partial charge on any atom is 0.326 e. The first kappa shape index (κ1) is 11.8. The maximum atomic E-state index is 11.3. The van der Waals surface area contributed by atoms with Crippen molar-refractivity contribution in [3.8, 4) is 0 Å². The summed E-state index contributed by atoms with van der Waals surface area (Å²) in [6.45, 7) is 4.72. The topological polar surface area (TPSA) is 66.3 Å². The maximum absolute atomic E-state index is 11.3. The molecule has 0 saturated carbocycles. The van der Waals surface area contributed by atoms with E-state index in [4.69, 9.17) is 0 Å². The smallest absolute Gasteiger partial charge is 0.326 e. The molecule has 1 saturated heterocycles. The predicted octanol–water partition coefficient (Wildman–Crippen LogP) is 1.47. The van der Waals surface area contributed by atoms with Crippen LogP contribution >= 0.6 is 0 Å². The van der Waals surface area contributed by atoms with Crippen LogP contribution in [0.5, 0.6) is 0 Å². The first-order valence-electron chi connectivity index (χ1n) is 5.86. The Bertz CT molecular complexity index is 422. The molecular formula is C12H17N3O2. The molecule has 0 spiro atoms. The van der Waals surface area contributed by atoms with Gasteiger partial charge in [-0.15, -0.1) is 0 Å². The number of hydrogen-bond acceptors (Lipinski definition) is 4. The molecule has 2 rings (SSSR count). The van der Waals surface area contributed by atoms with Crippen molar-refractivity contribution < 1.29 is 9.90 Å². The third-order valence-corrected chi connectivity index (χ3v) is 3.23. The van der Waals surface area contributed by atoms with E-state index in [1.165, 1.54) is 6.33 Å². The summed E-state index contributed by atoms with van der Waals surface area (Å²) in [5.41, 5.74) is 0.859. The summed E-state index contributed by atoms with van der Waals surface area (Å²) in [7, 11) is 0. The lowest BCUT2D eigenvalue weighted by Gasteiger charge is -2.36. The van der Waals surface area contributed by atoms with E-state index in [0.717, 1.165) is 24.5 Å². The van der Waals surface area contributed by atoms with E-state index in [2.05, 4.69) is 16.9 Å². The van der Waals surface area contributed by atoms with E-state index in [9.17, 15) is 9.90 Å². The van der Waals surface area contributed by atoms with E-state index >= 15 is 0 Å². The number of aryl methyl sites for hydroxylation is 1.